The molecule has 4 rings (SSSR count). The van der Waals surface area contributed by atoms with Gasteiger partial charge in [0, 0.05) is 30.3 Å². The largest absolute Gasteiger partial charge is 0.467 e. The number of nitrogens with zero attached hydrogens (tertiary/aromatic N) is 3. The van der Waals surface area contributed by atoms with Crippen molar-refractivity contribution < 1.29 is 28.3 Å². The van der Waals surface area contributed by atoms with Crippen molar-refractivity contribution in [1.82, 2.24) is 9.55 Å². The number of nitro groups is 1. The van der Waals surface area contributed by atoms with E-state index in [1.807, 2.05) is 0 Å². The quantitative estimate of drug-likeness (QED) is 0.365. The zero-order valence-electron chi connectivity index (χ0n) is 15.5. The molecule has 0 fully saturated rings. The summed E-state index contributed by atoms with van der Waals surface area (Å²) in [7, 11) is 1.50. The molecule has 0 N–H and O–H groups in total. The maximum absolute atomic E-state index is 12.7. The van der Waals surface area contributed by atoms with E-state index in [1.54, 1.807) is 0 Å². The Balaban J connectivity index is 1.68. The minimum absolute atomic E-state index is 0.0149. The van der Waals surface area contributed by atoms with Crippen molar-refractivity contribution in [3.8, 4) is 5.75 Å². The van der Waals surface area contributed by atoms with Crippen LogP contribution in [0.15, 0.2) is 27.7 Å². The van der Waals surface area contributed by atoms with Gasteiger partial charge in [-0.2, -0.15) is 0 Å². The highest BCUT2D eigenvalue weighted by Crippen LogP contribution is 2.33. The Morgan fingerprint density at radius 1 is 1.41 bits per heavy atom. The molecule has 1 aromatic carbocycles. The van der Waals surface area contributed by atoms with Gasteiger partial charge < -0.3 is 23.2 Å². The standard InChI is InChI=1S/C18H15N3O8/c1-9-13(14-16(29-9)19-7-20(2)17(14)22)18(23)27-6-11-4-12(21(24)25)3-10-5-26-8-28-15(10)11/h3-4,7H,5-6,8H2,1-2H3. The number of rotatable bonds is 4. The van der Waals surface area contributed by atoms with Gasteiger partial charge in [-0.3, -0.25) is 14.9 Å². The van der Waals surface area contributed by atoms with Crippen LogP contribution in [0.2, 0.25) is 0 Å². The van der Waals surface area contributed by atoms with Crippen molar-refractivity contribution in [2.24, 2.45) is 7.05 Å². The molecule has 1 aliphatic rings. The lowest BCUT2D eigenvalue weighted by molar-refractivity contribution is -0.385. The minimum Gasteiger partial charge on any atom is -0.467 e. The van der Waals surface area contributed by atoms with Crippen LogP contribution in [-0.4, -0.2) is 27.2 Å². The average molecular weight is 401 g/mol. The average Bonchev–Trinajstić information content (AvgIpc) is 3.05. The molecule has 29 heavy (non-hydrogen) atoms. The van der Waals surface area contributed by atoms with Gasteiger partial charge in [-0.15, -0.1) is 0 Å². The third kappa shape index (κ3) is 3.21. The summed E-state index contributed by atoms with van der Waals surface area (Å²) < 4.78 is 22.5. The zero-order valence-corrected chi connectivity index (χ0v) is 15.5. The number of non-ortho nitro benzene ring substituents is 1. The van der Waals surface area contributed by atoms with Gasteiger partial charge in [0.05, 0.1) is 11.5 Å². The number of nitro benzene ring substituents is 1. The molecule has 0 radical (unpaired) electrons. The van der Waals surface area contributed by atoms with E-state index in [1.165, 1.54) is 37.0 Å². The molecule has 0 spiro atoms. The Kier molecular flexibility index (Phi) is 4.51. The molecular formula is C18H15N3O8. The fraction of sp³-hybridized carbons (Fsp3) is 0.278. The van der Waals surface area contributed by atoms with E-state index < -0.39 is 16.5 Å². The van der Waals surface area contributed by atoms with Gasteiger partial charge in [-0.25, -0.2) is 9.78 Å². The first-order valence-corrected chi connectivity index (χ1v) is 8.49. The van der Waals surface area contributed by atoms with Gasteiger partial charge in [0.15, 0.2) is 6.79 Å². The van der Waals surface area contributed by atoms with Gasteiger partial charge >= 0.3 is 5.97 Å². The first kappa shape index (κ1) is 18.6. The number of aromatic nitrogens is 2. The smallest absolute Gasteiger partial charge is 0.342 e. The first-order chi connectivity index (χ1) is 13.9. The topological polar surface area (TPSA) is 136 Å². The third-order valence-electron chi connectivity index (χ3n) is 4.49. The molecule has 0 saturated heterocycles. The van der Waals surface area contributed by atoms with Gasteiger partial charge in [0.2, 0.25) is 5.71 Å². The number of esters is 1. The van der Waals surface area contributed by atoms with Crippen molar-refractivity contribution in [3.63, 3.8) is 0 Å². The predicted molar refractivity (Wildman–Crippen MR) is 96.5 cm³/mol. The fourth-order valence-corrected chi connectivity index (χ4v) is 3.14. The van der Waals surface area contributed by atoms with Crippen molar-refractivity contribution in [3.05, 3.63) is 61.4 Å². The maximum atomic E-state index is 12.7. The number of ether oxygens (including phenoxy) is 3. The molecule has 150 valence electrons. The van der Waals surface area contributed by atoms with Crippen LogP contribution in [0.25, 0.3) is 11.1 Å². The molecular weight excluding hydrogens is 386 g/mol. The first-order valence-electron chi connectivity index (χ1n) is 8.49. The molecule has 0 aliphatic carbocycles. The van der Waals surface area contributed by atoms with Crippen LogP contribution in [0.5, 0.6) is 5.75 Å². The highest BCUT2D eigenvalue weighted by Gasteiger charge is 2.26. The molecule has 1 aliphatic heterocycles. The van der Waals surface area contributed by atoms with Crippen molar-refractivity contribution >= 4 is 22.8 Å². The predicted octanol–water partition coefficient (Wildman–Crippen LogP) is 1.97. The fourth-order valence-electron chi connectivity index (χ4n) is 3.14. The van der Waals surface area contributed by atoms with Crippen LogP contribution in [0.1, 0.15) is 27.2 Å². The number of hydrogen-bond donors (Lipinski definition) is 0. The minimum atomic E-state index is -0.807. The van der Waals surface area contributed by atoms with Crippen molar-refractivity contribution in [2.45, 2.75) is 20.1 Å². The lowest BCUT2D eigenvalue weighted by Crippen LogP contribution is -2.19. The van der Waals surface area contributed by atoms with E-state index in [0.717, 1.165) is 0 Å². The Bertz CT molecular complexity index is 1210. The number of benzene rings is 1. The monoisotopic (exact) mass is 401 g/mol. The van der Waals surface area contributed by atoms with E-state index >= 15 is 0 Å². The van der Waals surface area contributed by atoms with Crippen molar-refractivity contribution in [2.75, 3.05) is 6.79 Å². The summed E-state index contributed by atoms with van der Waals surface area (Å²) in [6.45, 7) is 1.35. The molecule has 3 heterocycles. The van der Waals surface area contributed by atoms with Crippen LogP contribution in [0.3, 0.4) is 0 Å². The van der Waals surface area contributed by atoms with Gasteiger partial charge in [0.25, 0.3) is 11.2 Å². The van der Waals surface area contributed by atoms with E-state index in [2.05, 4.69) is 4.98 Å². The highest BCUT2D eigenvalue weighted by atomic mass is 16.7. The molecule has 3 aromatic rings. The second-order valence-electron chi connectivity index (χ2n) is 6.41. The Hall–Kier alpha value is -3.73. The summed E-state index contributed by atoms with van der Waals surface area (Å²) >= 11 is 0. The van der Waals surface area contributed by atoms with Crippen LogP contribution >= 0.6 is 0 Å². The summed E-state index contributed by atoms with van der Waals surface area (Å²) in [5.41, 5.74) is 0.184. The summed E-state index contributed by atoms with van der Waals surface area (Å²) in [6, 6.07) is 2.63. The second kappa shape index (κ2) is 7.02. The number of carbonyl (C=O) groups is 1. The number of fused-ring (bicyclic) bond motifs is 2. The van der Waals surface area contributed by atoms with E-state index in [0.29, 0.717) is 16.9 Å². The summed E-state index contributed by atoms with van der Waals surface area (Å²) in [4.78, 5) is 39.7. The Labute approximate surface area is 162 Å². The summed E-state index contributed by atoms with van der Waals surface area (Å²) in [5, 5.41) is 11.2. The lowest BCUT2D eigenvalue weighted by Gasteiger charge is -2.20. The maximum Gasteiger partial charge on any atom is 0.342 e. The van der Waals surface area contributed by atoms with Crippen LogP contribution < -0.4 is 10.3 Å². The molecule has 2 aromatic heterocycles. The molecule has 0 bridgehead atoms. The zero-order chi connectivity index (χ0) is 20.7. The molecule has 11 heteroatoms. The van der Waals surface area contributed by atoms with Crippen molar-refractivity contribution in [1.29, 1.82) is 0 Å². The van der Waals surface area contributed by atoms with E-state index in [9.17, 15) is 19.7 Å². The Morgan fingerprint density at radius 2 is 2.21 bits per heavy atom. The van der Waals surface area contributed by atoms with E-state index in [4.69, 9.17) is 18.6 Å². The number of carbonyl (C=O) groups excluding carboxylic acids is 1. The highest BCUT2D eigenvalue weighted by molar-refractivity contribution is 6.03. The summed E-state index contributed by atoms with van der Waals surface area (Å²) in [6.07, 6.45) is 1.29. The van der Waals surface area contributed by atoms with Crippen LogP contribution in [0, 0.1) is 17.0 Å². The normalized spacial score (nSPS) is 13.0. The Morgan fingerprint density at radius 3 is 2.97 bits per heavy atom. The van der Waals surface area contributed by atoms with Crippen LogP contribution in [-0.2, 0) is 29.7 Å². The number of aryl methyl sites for hydroxylation is 2. The SMILES string of the molecule is Cc1oc2ncn(C)c(=O)c2c1C(=O)OCc1cc([N+](=O)[O-])cc2c1OCOC2. The lowest BCUT2D eigenvalue weighted by atomic mass is 10.1. The van der Waals surface area contributed by atoms with Gasteiger partial charge in [-0.05, 0) is 6.92 Å². The van der Waals surface area contributed by atoms with Gasteiger partial charge in [-0.1, -0.05) is 0 Å². The third-order valence-corrected chi connectivity index (χ3v) is 4.49. The number of furan rings is 1. The molecule has 0 amide bonds. The molecule has 0 atom stereocenters. The molecule has 0 saturated carbocycles. The van der Waals surface area contributed by atoms with Gasteiger partial charge in [0.1, 0.15) is 35.4 Å². The molecule has 11 nitrogen and oxygen atoms in total. The molecule has 0 unspecified atom stereocenters. The van der Waals surface area contributed by atoms with E-state index in [-0.39, 0.29) is 48.1 Å². The van der Waals surface area contributed by atoms with Crippen LogP contribution in [0.4, 0.5) is 5.69 Å². The summed E-state index contributed by atoms with van der Waals surface area (Å²) in [5.74, 6) is -0.244. The number of hydrogen-bond acceptors (Lipinski definition) is 9. The second-order valence-corrected chi connectivity index (χ2v) is 6.41.